The summed E-state index contributed by atoms with van der Waals surface area (Å²) >= 11 is 0. The molecular formula is C51H53N7O7. The van der Waals surface area contributed by atoms with Gasteiger partial charge < -0.3 is 39.6 Å². The number of rotatable bonds is 11. The first-order valence-electron chi connectivity index (χ1n) is 22.4. The minimum atomic E-state index is -0.915. The van der Waals surface area contributed by atoms with Gasteiger partial charge in [0.25, 0.3) is 0 Å². The smallest absolute Gasteiger partial charge is 0.407 e. The molecule has 0 spiro atoms. The Balaban J connectivity index is 0.895. The third kappa shape index (κ3) is 7.73. The highest BCUT2D eigenvalue weighted by atomic mass is 16.5. The Kier molecular flexibility index (Phi) is 11.0. The minimum absolute atomic E-state index is 0.101. The number of methoxy groups -OCH3 is 3. The number of hydrogen-bond donors (Lipinski definition) is 3. The van der Waals surface area contributed by atoms with Crippen LogP contribution in [0.1, 0.15) is 62.1 Å². The summed E-state index contributed by atoms with van der Waals surface area (Å²) in [6.07, 6.45) is 1.82. The van der Waals surface area contributed by atoms with Crippen LogP contribution in [0, 0.1) is 17.8 Å². The zero-order valence-corrected chi connectivity index (χ0v) is 37.2. The lowest BCUT2D eigenvalue weighted by Crippen LogP contribution is -2.52. The van der Waals surface area contributed by atoms with E-state index in [0.29, 0.717) is 37.5 Å². The van der Waals surface area contributed by atoms with Gasteiger partial charge in [-0.25, -0.2) is 14.6 Å². The third-order valence-corrected chi connectivity index (χ3v) is 13.9. The average molecular weight is 876 g/mol. The SMILES string of the molecule is COC[C@H]1C[C@@H](C2=Nc3ccc4cc(-c5ccc6c(ccc7[nH]c([C@@H]8C[C@H]9C[C@H]9N8C(=O)[C@@H](NC(=O)OC)C(C)C)nc76)c5)ccc4c3C2)N(C(=O)[C@H](NC(=O)OC)c2ccccc2)C1. The van der Waals surface area contributed by atoms with Crippen LogP contribution in [0.2, 0.25) is 0 Å². The fraction of sp³-hybridized carbons (Fsp3) is 0.373. The Morgan fingerprint density at radius 1 is 0.785 bits per heavy atom. The highest BCUT2D eigenvalue weighted by Gasteiger charge is 2.56. The number of nitrogens with zero attached hydrogens (tertiary/aromatic N) is 4. The number of aliphatic imine (C=N–C) groups is 1. The molecule has 7 atom stereocenters. The second kappa shape index (κ2) is 17.0. The molecule has 334 valence electrons. The zero-order valence-electron chi connectivity index (χ0n) is 37.2. The van der Waals surface area contributed by atoms with Gasteiger partial charge in [-0.2, -0.15) is 0 Å². The number of alkyl carbamates (subject to hydrolysis) is 2. The van der Waals surface area contributed by atoms with Crippen LogP contribution in [0.15, 0.2) is 96.0 Å². The lowest BCUT2D eigenvalue weighted by molar-refractivity contribution is -0.136. The van der Waals surface area contributed by atoms with E-state index in [2.05, 4.69) is 76.3 Å². The number of fused-ring (bicyclic) bond motifs is 7. The maximum Gasteiger partial charge on any atom is 0.407 e. The molecule has 4 aliphatic rings. The van der Waals surface area contributed by atoms with Gasteiger partial charge in [-0.15, -0.1) is 0 Å². The van der Waals surface area contributed by atoms with E-state index >= 15 is 0 Å². The molecule has 6 aromatic rings. The number of amides is 4. The molecule has 65 heavy (non-hydrogen) atoms. The van der Waals surface area contributed by atoms with Crippen LogP contribution in [0.5, 0.6) is 0 Å². The first-order valence-corrected chi connectivity index (χ1v) is 22.4. The van der Waals surface area contributed by atoms with Gasteiger partial charge in [0.1, 0.15) is 17.9 Å². The quantitative estimate of drug-likeness (QED) is 0.117. The van der Waals surface area contributed by atoms with Gasteiger partial charge in [-0.3, -0.25) is 14.6 Å². The van der Waals surface area contributed by atoms with Crippen molar-refractivity contribution in [2.45, 2.75) is 69.7 Å². The molecule has 3 fully saturated rings. The van der Waals surface area contributed by atoms with Crippen molar-refractivity contribution in [1.82, 2.24) is 30.4 Å². The fourth-order valence-corrected chi connectivity index (χ4v) is 10.6. The number of aromatic nitrogens is 2. The summed E-state index contributed by atoms with van der Waals surface area (Å²) in [5.74, 6) is 0.883. The Hall–Kier alpha value is -6.80. The van der Waals surface area contributed by atoms with Crippen molar-refractivity contribution in [2.24, 2.45) is 22.7 Å². The van der Waals surface area contributed by atoms with E-state index in [1.807, 2.05) is 54.0 Å². The molecule has 2 saturated heterocycles. The van der Waals surface area contributed by atoms with Crippen molar-refractivity contribution in [3.8, 4) is 11.1 Å². The van der Waals surface area contributed by atoms with E-state index in [4.69, 9.17) is 24.2 Å². The van der Waals surface area contributed by atoms with Crippen LogP contribution in [-0.2, 0) is 30.2 Å². The van der Waals surface area contributed by atoms with Gasteiger partial charge in [-0.1, -0.05) is 80.6 Å². The van der Waals surface area contributed by atoms with Crippen LogP contribution >= 0.6 is 0 Å². The zero-order chi connectivity index (χ0) is 45.1. The number of likely N-dealkylation sites (tertiary alicyclic amines) is 2. The average Bonchev–Trinajstić information content (AvgIpc) is 3.75. The lowest BCUT2D eigenvalue weighted by Gasteiger charge is -2.31. The largest absolute Gasteiger partial charge is 0.453 e. The summed E-state index contributed by atoms with van der Waals surface area (Å²) in [6.45, 7) is 4.85. The number of H-pyrrole nitrogens is 1. The van der Waals surface area contributed by atoms with Crippen molar-refractivity contribution in [1.29, 1.82) is 0 Å². The van der Waals surface area contributed by atoms with Gasteiger partial charge in [0.2, 0.25) is 11.8 Å². The first-order chi connectivity index (χ1) is 31.5. The van der Waals surface area contributed by atoms with Crippen molar-refractivity contribution < 1.29 is 33.4 Å². The number of imidazole rings is 1. The summed E-state index contributed by atoms with van der Waals surface area (Å²) in [5.41, 5.74) is 7.58. The number of carbonyl (C=O) groups is 4. The topological polar surface area (TPSA) is 168 Å². The predicted octanol–water partition coefficient (Wildman–Crippen LogP) is 8.17. The summed E-state index contributed by atoms with van der Waals surface area (Å²) in [6, 6.07) is 28.7. The van der Waals surface area contributed by atoms with E-state index in [1.165, 1.54) is 14.2 Å². The van der Waals surface area contributed by atoms with Gasteiger partial charge >= 0.3 is 12.2 Å². The molecule has 1 aliphatic carbocycles. The molecule has 5 aromatic carbocycles. The molecule has 1 saturated carbocycles. The molecule has 0 bridgehead atoms. The van der Waals surface area contributed by atoms with Crippen molar-refractivity contribution in [2.75, 3.05) is 34.5 Å². The van der Waals surface area contributed by atoms with Crippen LogP contribution in [0.4, 0.5) is 15.3 Å². The molecule has 4 heterocycles. The number of ether oxygens (including phenoxy) is 3. The number of hydrogen-bond acceptors (Lipinski definition) is 9. The van der Waals surface area contributed by atoms with Crippen molar-refractivity contribution in [3.05, 3.63) is 108 Å². The number of piperidine rings is 1. The summed E-state index contributed by atoms with van der Waals surface area (Å²) in [4.78, 5) is 70.7. The van der Waals surface area contributed by atoms with Gasteiger partial charge in [0.05, 0.1) is 49.6 Å². The number of carbonyl (C=O) groups excluding carboxylic acids is 4. The molecule has 3 aliphatic heterocycles. The van der Waals surface area contributed by atoms with Crippen LogP contribution in [0.3, 0.4) is 0 Å². The van der Waals surface area contributed by atoms with Crippen LogP contribution < -0.4 is 10.6 Å². The second-order valence-corrected chi connectivity index (χ2v) is 18.3. The van der Waals surface area contributed by atoms with Crippen molar-refractivity contribution >= 4 is 68.0 Å². The highest BCUT2D eigenvalue weighted by molar-refractivity contribution is 6.08. The fourth-order valence-electron chi connectivity index (χ4n) is 10.6. The number of nitrogens with one attached hydrogen (secondary N) is 3. The minimum Gasteiger partial charge on any atom is -0.453 e. The van der Waals surface area contributed by atoms with Gasteiger partial charge in [0.15, 0.2) is 0 Å². The number of aromatic amines is 1. The van der Waals surface area contributed by atoms with Gasteiger partial charge in [0, 0.05) is 43.1 Å². The van der Waals surface area contributed by atoms with E-state index in [9.17, 15) is 19.2 Å². The Labute approximate surface area is 376 Å². The maximum absolute atomic E-state index is 14.4. The standard InChI is InChI=1S/C51H53N7O7/c1-27(2)44(55-50(61)64-4)49(60)58-41-22-34(41)23-43(58)47-53-39-18-14-33-21-31(12-16-36(33)46(39)54-47)30-11-15-35-32(20-30)13-17-38-37(35)24-40(52-38)42-19-28(26-63-3)25-57(42)48(59)45(56-51(62)65-5)29-9-7-6-8-10-29/h6-18,20-21,27-28,34,41-45H,19,22-26H2,1-5H3,(H,53,54)(H,55,61)(H,56,62)/t28-,34+,41+,42-,43-,44-,45+/m0/s1. The van der Waals surface area contributed by atoms with Crippen LogP contribution in [0.25, 0.3) is 43.7 Å². The predicted molar refractivity (Wildman–Crippen MR) is 248 cm³/mol. The monoisotopic (exact) mass is 875 g/mol. The Morgan fingerprint density at radius 2 is 1.49 bits per heavy atom. The summed E-state index contributed by atoms with van der Waals surface area (Å²) in [7, 11) is 4.27. The normalized spacial score (nSPS) is 21.9. The molecule has 0 unspecified atom stereocenters. The van der Waals surface area contributed by atoms with E-state index < -0.39 is 24.3 Å². The van der Waals surface area contributed by atoms with E-state index in [-0.39, 0.29) is 41.8 Å². The van der Waals surface area contributed by atoms with Gasteiger partial charge in [-0.05, 0) is 93.8 Å². The molecule has 1 aromatic heterocycles. The Morgan fingerprint density at radius 3 is 2.22 bits per heavy atom. The van der Waals surface area contributed by atoms with Crippen molar-refractivity contribution in [3.63, 3.8) is 0 Å². The molecule has 0 radical (unpaired) electrons. The molecular weight excluding hydrogens is 823 g/mol. The molecule has 4 amide bonds. The van der Waals surface area contributed by atoms with Crippen LogP contribution in [-0.4, -0.2) is 102 Å². The second-order valence-electron chi connectivity index (χ2n) is 18.3. The third-order valence-electron chi connectivity index (χ3n) is 13.9. The molecule has 14 heteroatoms. The van der Waals surface area contributed by atoms with E-state index in [0.717, 1.165) is 79.3 Å². The maximum atomic E-state index is 14.4. The molecule has 10 rings (SSSR count). The summed E-state index contributed by atoms with van der Waals surface area (Å²) in [5, 5.41) is 9.84. The first kappa shape index (κ1) is 42.2. The Bertz CT molecular complexity index is 2890. The van der Waals surface area contributed by atoms with E-state index in [1.54, 1.807) is 7.11 Å². The summed E-state index contributed by atoms with van der Waals surface area (Å²) < 4.78 is 15.3. The molecule has 3 N–H and O–H groups in total. The number of benzene rings is 5. The lowest BCUT2D eigenvalue weighted by atomic mass is 9.94. The highest BCUT2D eigenvalue weighted by Crippen LogP contribution is 2.53. The molecule has 14 nitrogen and oxygen atoms in total.